The second-order valence-corrected chi connectivity index (χ2v) is 6.72. The van der Waals surface area contributed by atoms with Gasteiger partial charge in [-0.3, -0.25) is 14.8 Å². The van der Waals surface area contributed by atoms with Gasteiger partial charge in [0.15, 0.2) is 0 Å². The molecular weight excluding hydrogens is 386 g/mol. The Morgan fingerprint density at radius 1 is 1.03 bits per heavy atom. The van der Waals surface area contributed by atoms with Crippen LogP contribution in [0.1, 0.15) is 29.5 Å². The van der Waals surface area contributed by atoms with E-state index in [0.29, 0.717) is 16.8 Å². The Balaban J connectivity index is 2.06. The Morgan fingerprint density at radius 3 is 2.40 bits per heavy atom. The van der Waals surface area contributed by atoms with E-state index in [-0.39, 0.29) is 29.3 Å². The molecule has 0 amide bonds. The highest BCUT2D eigenvalue weighted by Gasteiger charge is 2.37. The first kappa shape index (κ1) is 19.3. The normalized spacial score (nSPS) is 15.3. The lowest BCUT2D eigenvalue weighted by molar-refractivity contribution is -0.138. The van der Waals surface area contributed by atoms with E-state index in [9.17, 15) is 19.5 Å². The minimum Gasteiger partial charge on any atom is -0.508 e. The molecule has 4 N–H and O–H groups in total. The van der Waals surface area contributed by atoms with Crippen LogP contribution in [0.25, 0.3) is 5.70 Å². The molecule has 0 spiro atoms. The summed E-state index contributed by atoms with van der Waals surface area (Å²) in [6.07, 6.45) is 0. The van der Waals surface area contributed by atoms with Crippen molar-refractivity contribution in [3.8, 4) is 5.75 Å². The Morgan fingerprint density at radius 2 is 1.73 bits per heavy atom. The number of anilines is 1. The number of phenols is 1. The van der Waals surface area contributed by atoms with Crippen molar-refractivity contribution >= 4 is 17.5 Å². The smallest absolute Gasteiger partial charge is 0.337 e. The predicted molar refractivity (Wildman–Crippen MR) is 111 cm³/mol. The summed E-state index contributed by atoms with van der Waals surface area (Å²) in [5.74, 6) is -1.16. The van der Waals surface area contributed by atoms with Crippen LogP contribution in [0.3, 0.4) is 0 Å². The molecule has 152 valence electrons. The van der Waals surface area contributed by atoms with E-state index in [4.69, 9.17) is 4.74 Å². The number of phenolic OH excluding ortho intramolecular Hbond substituents is 1. The van der Waals surface area contributed by atoms with Gasteiger partial charge in [0.2, 0.25) is 0 Å². The molecule has 0 bridgehead atoms. The van der Waals surface area contributed by atoms with Crippen LogP contribution >= 0.6 is 0 Å². The number of hydrogen-bond donors (Lipinski definition) is 4. The zero-order chi connectivity index (χ0) is 21.3. The number of carbonyl (C=O) groups is 1. The van der Waals surface area contributed by atoms with Crippen molar-refractivity contribution in [2.75, 3.05) is 11.9 Å². The number of aromatic hydroxyl groups is 1. The maximum atomic E-state index is 13.1. The van der Waals surface area contributed by atoms with Crippen molar-refractivity contribution in [1.29, 1.82) is 0 Å². The van der Waals surface area contributed by atoms with Gasteiger partial charge in [0.25, 0.3) is 5.56 Å². The van der Waals surface area contributed by atoms with E-state index in [1.165, 1.54) is 12.1 Å². The second kappa shape index (κ2) is 7.75. The Hall–Kier alpha value is -4.07. The van der Waals surface area contributed by atoms with Gasteiger partial charge < -0.3 is 15.2 Å². The molecule has 1 aromatic heterocycles. The predicted octanol–water partition coefficient (Wildman–Crippen LogP) is 2.30. The molecule has 2 aromatic carbocycles. The van der Waals surface area contributed by atoms with Crippen LogP contribution in [0, 0.1) is 0 Å². The Kier molecular flexibility index (Phi) is 4.97. The number of esters is 1. The molecule has 8 heteroatoms. The molecule has 30 heavy (non-hydrogen) atoms. The number of aromatic nitrogens is 2. The largest absolute Gasteiger partial charge is 0.508 e. The third-order valence-corrected chi connectivity index (χ3v) is 4.86. The number of aromatic amines is 2. The summed E-state index contributed by atoms with van der Waals surface area (Å²) in [5, 5.41) is 12.7. The van der Waals surface area contributed by atoms with E-state index in [2.05, 4.69) is 15.3 Å². The molecule has 0 radical (unpaired) electrons. The molecule has 0 saturated carbocycles. The van der Waals surface area contributed by atoms with Crippen LogP contribution in [0.4, 0.5) is 5.82 Å². The number of benzene rings is 2. The third kappa shape index (κ3) is 3.39. The number of H-pyrrole nitrogens is 2. The van der Waals surface area contributed by atoms with Gasteiger partial charge in [-0.25, -0.2) is 9.59 Å². The van der Waals surface area contributed by atoms with Crippen molar-refractivity contribution < 1.29 is 14.6 Å². The highest BCUT2D eigenvalue weighted by Crippen LogP contribution is 2.42. The van der Waals surface area contributed by atoms with Crippen molar-refractivity contribution in [1.82, 2.24) is 9.97 Å². The highest BCUT2D eigenvalue weighted by molar-refractivity contribution is 6.04. The molecule has 4 rings (SSSR count). The van der Waals surface area contributed by atoms with Gasteiger partial charge in [-0.15, -0.1) is 0 Å². The molecule has 3 aromatic rings. The maximum Gasteiger partial charge on any atom is 0.337 e. The van der Waals surface area contributed by atoms with E-state index in [1.54, 1.807) is 19.1 Å². The minimum absolute atomic E-state index is 0.0493. The number of hydrogen-bond acceptors (Lipinski definition) is 6. The van der Waals surface area contributed by atoms with E-state index in [0.717, 1.165) is 0 Å². The minimum atomic E-state index is -0.822. The van der Waals surface area contributed by atoms with Gasteiger partial charge in [-0.1, -0.05) is 42.5 Å². The number of fused-ring (bicyclic) bond motifs is 1. The fourth-order valence-electron chi connectivity index (χ4n) is 3.61. The standard InChI is InChI=1S/C22H19N3O5/c1-2-30-21(28)16-15(12-8-10-14(26)11-9-12)17-19(24-22(29)25-20(17)27)23-18(16)13-6-4-3-5-7-13/h3-11,15,26H,2H2,1H3,(H3,23,24,25,27,29)/t15-/m0/s1. The maximum absolute atomic E-state index is 13.1. The number of rotatable bonds is 4. The second-order valence-electron chi connectivity index (χ2n) is 6.72. The Bertz CT molecular complexity index is 1240. The van der Waals surface area contributed by atoms with Gasteiger partial charge in [0, 0.05) is 0 Å². The van der Waals surface area contributed by atoms with Gasteiger partial charge in [0.1, 0.15) is 11.6 Å². The molecule has 1 atom stereocenters. The average molecular weight is 405 g/mol. The number of nitrogens with one attached hydrogen (secondary N) is 3. The van der Waals surface area contributed by atoms with Crippen LogP contribution in [0.5, 0.6) is 5.75 Å². The highest BCUT2D eigenvalue weighted by atomic mass is 16.5. The van der Waals surface area contributed by atoms with Crippen molar-refractivity contribution in [2.24, 2.45) is 0 Å². The summed E-state index contributed by atoms with van der Waals surface area (Å²) in [6.45, 7) is 1.85. The fraction of sp³-hybridized carbons (Fsp3) is 0.136. The van der Waals surface area contributed by atoms with Gasteiger partial charge in [0.05, 0.1) is 29.4 Å². The molecule has 0 fully saturated rings. The molecule has 1 aliphatic rings. The Labute approximate surface area is 170 Å². The summed E-state index contributed by atoms with van der Waals surface area (Å²) < 4.78 is 5.32. The van der Waals surface area contributed by atoms with E-state index < -0.39 is 23.1 Å². The zero-order valence-corrected chi connectivity index (χ0v) is 16.1. The number of carbonyl (C=O) groups excluding carboxylic acids is 1. The summed E-state index contributed by atoms with van der Waals surface area (Å²) >= 11 is 0. The van der Waals surface area contributed by atoms with Crippen LogP contribution in [-0.4, -0.2) is 27.7 Å². The zero-order valence-electron chi connectivity index (χ0n) is 16.1. The lowest BCUT2D eigenvalue weighted by atomic mass is 9.81. The van der Waals surface area contributed by atoms with Crippen LogP contribution in [0.2, 0.25) is 0 Å². The summed E-state index contributed by atoms with van der Waals surface area (Å²) in [7, 11) is 0. The molecule has 8 nitrogen and oxygen atoms in total. The monoisotopic (exact) mass is 405 g/mol. The van der Waals surface area contributed by atoms with Gasteiger partial charge in [-0.05, 0) is 30.2 Å². The fourth-order valence-corrected chi connectivity index (χ4v) is 3.61. The third-order valence-electron chi connectivity index (χ3n) is 4.86. The van der Waals surface area contributed by atoms with Gasteiger partial charge >= 0.3 is 11.7 Å². The first-order chi connectivity index (χ1) is 14.5. The molecule has 2 heterocycles. The van der Waals surface area contributed by atoms with Crippen LogP contribution in [-0.2, 0) is 9.53 Å². The molecule has 0 unspecified atom stereocenters. The lowest BCUT2D eigenvalue weighted by Crippen LogP contribution is -2.35. The number of ether oxygens (including phenoxy) is 1. The summed E-state index contributed by atoms with van der Waals surface area (Å²) in [6, 6.07) is 15.3. The van der Waals surface area contributed by atoms with Crippen LogP contribution < -0.4 is 16.6 Å². The van der Waals surface area contributed by atoms with Crippen molar-refractivity contribution in [3.63, 3.8) is 0 Å². The molecule has 1 aliphatic heterocycles. The summed E-state index contributed by atoms with van der Waals surface area (Å²) in [4.78, 5) is 42.6. The molecular formula is C22H19N3O5. The first-order valence-electron chi connectivity index (χ1n) is 9.38. The SMILES string of the molecule is CCOC(=O)C1=C(c2ccccc2)Nc2[nH]c(=O)[nH]c(=O)c2[C@H]1c1ccc(O)cc1. The van der Waals surface area contributed by atoms with E-state index in [1.807, 2.05) is 30.3 Å². The lowest BCUT2D eigenvalue weighted by Gasteiger charge is -2.30. The quantitative estimate of drug-likeness (QED) is 0.494. The van der Waals surface area contributed by atoms with Gasteiger partial charge in [-0.2, -0.15) is 0 Å². The topological polar surface area (TPSA) is 124 Å². The van der Waals surface area contributed by atoms with Crippen LogP contribution in [0.15, 0.2) is 69.8 Å². The van der Waals surface area contributed by atoms with Crippen molar-refractivity contribution in [3.05, 3.63) is 97.7 Å². The summed E-state index contributed by atoms with van der Waals surface area (Å²) in [5.41, 5.74) is 0.847. The molecule has 0 saturated heterocycles. The van der Waals surface area contributed by atoms with E-state index >= 15 is 0 Å². The first-order valence-corrected chi connectivity index (χ1v) is 9.38. The average Bonchev–Trinajstić information content (AvgIpc) is 2.73. The molecule has 0 aliphatic carbocycles. The van der Waals surface area contributed by atoms with Crippen molar-refractivity contribution in [2.45, 2.75) is 12.8 Å².